The van der Waals surface area contributed by atoms with Gasteiger partial charge in [-0.25, -0.2) is 24.0 Å². The largest absolute Gasteiger partial charge is 0.383 e. The number of hydrogen-bond donors (Lipinski definition) is 2. The number of fused-ring (bicyclic) bond motifs is 3. The minimum atomic E-state index is -0.619. The topological polar surface area (TPSA) is 120 Å². The molecule has 0 aliphatic heterocycles. The summed E-state index contributed by atoms with van der Waals surface area (Å²) in [5, 5.41) is 6.44. The number of nitrogens with one attached hydrogen (secondary N) is 1. The fraction of sp³-hybridized carbons (Fsp3) is 0.0690. The smallest absolute Gasteiger partial charge is 0.269 e. The number of nitrogen functional groups attached to an aromatic ring is 1. The Kier molecular flexibility index (Phi) is 5.02. The Bertz CT molecular complexity index is 2120. The molecule has 0 atom stereocenters. The normalized spacial score (nSPS) is 11.6. The van der Waals surface area contributed by atoms with Gasteiger partial charge in [0.2, 0.25) is 0 Å². The SMILES string of the molecule is Cc1ccccc1-n1c(Cn2nc(-c3ccc4[nH]ccc4c3)c3c(N)ncnc32)nc2cccc(F)c2c1=O. The molecule has 0 aliphatic rings. The van der Waals surface area contributed by atoms with Crippen LogP contribution in [0.25, 0.3) is 49.8 Å². The number of rotatable bonds is 4. The van der Waals surface area contributed by atoms with Gasteiger partial charge in [0, 0.05) is 22.7 Å². The van der Waals surface area contributed by atoms with Crippen molar-refractivity contribution < 1.29 is 4.39 Å². The Morgan fingerprint density at radius 3 is 2.74 bits per heavy atom. The number of hydrogen-bond acceptors (Lipinski definition) is 6. The Morgan fingerprint density at radius 2 is 1.87 bits per heavy atom. The first-order chi connectivity index (χ1) is 19.0. The van der Waals surface area contributed by atoms with E-state index >= 15 is 0 Å². The molecule has 7 rings (SSSR count). The van der Waals surface area contributed by atoms with Crippen molar-refractivity contribution in [3.05, 3.63) is 107 Å². The number of para-hydroxylation sites is 1. The van der Waals surface area contributed by atoms with Crippen LogP contribution >= 0.6 is 0 Å². The average Bonchev–Trinajstić information content (AvgIpc) is 3.55. The summed E-state index contributed by atoms with van der Waals surface area (Å²) in [6, 6.07) is 19.8. The van der Waals surface area contributed by atoms with Gasteiger partial charge in [-0.05, 0) is 48.9 Å². The summed E-state index contributed by atoms with van der Waals surface area (Å²) in [5.74, 6) is 0.0493. The number of anilines is 1. The first kappa shape index (κ1) is 22.8. The molecule has 7 aromatic rings. The number of H-pyrrole nitrogens is 1. The lowest BCUT2D eigenvalue weighted by Gasteiger charge is -2.16. The molecule has 0 saturated heterocycles. The van der Waals surface area contributed by atoms with Gasteiger partial charge >= 0.3 is 0 Å². The van der Waals surface area contributed by atoms with Crippen LogP contribution in [0.15, 0.2) is 84.0 Å². The molecule has 10 heteroatoms. The van der Waals surface area contributed by atoms with Crippen molar-refractivity contribution in [3.63, 3.8) is 0 Å². The van der Waals surface area contributed by atoms with Gasteiger partial charge in [-0.2, -0.15) is 5.10 Å². The molecule has 0 radical (unpaired) electrons. The van der Waals surface area contributed by atoms with Crippen molar-refractivity contribution in [2.75, 3.05) is 5.73 Å². The number of aromatic amines is 1. The first-order valence-electron chi connectivity index (χ1n) is 12.3. The Balaban J connectivity index is 1.48. The standard InChI is InChI=1S/C29H21FN8O/c1-16-5-2-3-8-22(16)38-23(35-21-7-4-6-19(30)24(21)29(38)39)14-37-28-25(27(31)33-15-34-28)26(36-37)18-9-10-20-17(13-18)11-12-32-20/h2-13,15,32H,14H2,1H3,(H2,31,33,34). The number of aromatic nitrogens is 7. The molecular weight excluding hydrogens is 495 g/mol. The van der Waals surface area contributed by atoms with Gasteiger partial charge in [-0.1, -0.05) is 30.3 Å². The van der Waals surface area contributed by atoms with Crippen molar-refractivity contribution in [1.29, 1.82) is 0 Å². The predicted octanol–water partition coefficient (Wildman–Crippen LogP) is 4.75. The summed E-state index contributed by atoms with van der Waals surface area (Å²) in [6.07, 6.45) is 3.26. The summed E-state index contributed by atoms with van der Waals surface area (Å²) in [5.41, 5.74) is 10.5. The molecule has 0 fully saturated rings. The maximum absolute atomic E-state index is 14.8. The van der Waals surface area contributed by atoms with Gasteiger partial charge in [-0.3, -0.25) is 9.36 Å². The predicted molar refractivity (Wildman–Crippen MR) is 148 cm³/mol. The van der Waals surface area contributed by atoms with E-state index < -0.39 is 11.4 Å². The molecule has 0 amide bonds. The molecule has 0 aliphatic carbocycles. The molecule has 190 valence electrons. The highest BCUT2D eigenvalue weighted by molar-refractivity contribution is 6.00. The number of nitrogens with zero attached hydrogens (tertiary/aromatic N) is 6. The van der Waals surface area contributed by atoms with Gasteiger partial charge < -0.3 is 10.7 Å². The summed E-state index contributed by atoms with van der Waals surface area (Å²) in [4.78, 5) is 30.4. The van der Waals surface area contributed by atoms with Crippen LogP contribution < -0.4 is 11.3 Å². The van der Waals surface area contributed by atoms with Gasteiger partial charge in [0.25, 0.3) is 5.56 Å². The lowest BCUT2D eigenvalue weighted by molar-refractivity contribution is 0.630. The summed E-state index contributed by atoms with van der Waals surface area (Å²) in [6.45, 7) is 1.97. The van der Waals surface area contributed by atoms with Gasteiger partial charge in [-0.15, -0.1) is 0 Å². The van der Waals surface area contributed by atoms with Crippen LogP contribution in [-0.4, -0.2) is 34.3 Å². The van der Waals surface area contributed by atoms with E-state index in [1.165, 1.54) is 17.0 Å². The number of aryl methyl sites for hydroxylation is 1. The molecule has 4 heterocycles. The molecule has 39 heavy (non-hydrogen) atoms. The van der Waals surface area contributed by atoms with Crippen molar-refractivity contribution in [2.45, 2.75) is 13.5 Å². The van der Waals surface area contributed by atoms with E-state index in [9.17, 15) is 9.18 Å². The van der Waals surface area contributed by atoms with E-state index in [-0.39, 0.29) is 17.4 Å². The van der Waals surface area contributed by atoms with E-state index in [2.05, 4.69) is 15.0 Å². The monoisotopic (exact) mass is 516 g/mol. The molecule has 0 unspecified atom stereocenters. The second-order valence-corrected chi connectivity index (χ2v) is 9.33. The van der Waals surface area contributed by atoms with E-state index in [4.69, 9.17) is 15.8 Å². The van der Waals surface area contributed by atoms with E-state index in [0.29, 0.717) is 34.1 Å². The van der Waals surface area contributed by atoms with Gasteiger partial charge in [0.1, 0.15) is 41.4 Å². The lowest BCUT2D eigenvalue weighted by atomic mass is 10.1. The van der Waals surface area contributed by atoms with Crippen LogP contribution in [0.5, 0.6) is 0 Å². The molecule has 0 saturated carbocycles. The fourth-order valence-corrected chi connectivity index (χ4v) is 5.08. The van der Waals surface area contributed by atoms with Gasteiger partial charge in [0.15, 0.2) is 5.65 Å². The average molecular weight is 517 g/mol. The number of halogens is 1. The van der Waals surface area contributed by atoms with E-state index in [0.717, 1.165) is 22.0 Å². The zero-order valence-corrected chi connectivity index (χ0v) is 20.8. The summed E-state index contributed by atoms with van der Waals surface area (Å²) >= 11 is 0. The Morgan fingerprint density at radius 1 is 1.00 bits per heavy atom. The van der Waals surface area contributed by atoms with Crippen molar-refractivity contribution >= 4 is 38.7 Å². The fourth-order valence-electron chi connectivity index (χ4n) is 5.08. The third-order valence-corrected chi connectivity index (χ3v) is 6.95. The van der Waals surface area contributed by atoms with E-state index in [1.54, 1.807) is 16.8 Å². The molecule has 3 aromatic carbocycles. The maximum Gasteiger partial charge on any atom is 0.269 e. The molecular formula is C29H21FN8O. The zero-order valence-electron chi connectivity index (χ0n) is 20.8. The summed E-state index contributed by atoms with van der Waals surface area (Å²) < 4.78 is 17.9. The molecule has 4 aromatic heterocycles. The summed E-state index contributed by atoms with van der Waals surface area (Å²) in [7, 11) is 0. The third-order valence-electron chi connectivity index (χ3n) is 6.95. The highest BCUT2D eigenvalue weighted by Gasteiger charge is 2.21. The Labute approximate surface area is 220 Å². The first-order valence-corrected chi connectivity index (χ1v) is 12.3. The molecule has 0 bridgehead atoms. The maximum atomic E-state index is 14.8. The second-order valence-electron chi connectivity index (χ2n) is 9.33. The van der Waals surface area contributed by atoms with Crippen LogP contribution in [-0.2, 0) is 6.54 Å². The van der Waals surface area contributed by atoms with Crippen LogP contribution in [0.4, 0.5) is 10.2 Å². The quantitative estimate of drug-likeness (QED) is 0.348. The van der Waals surface area contributed by atoms with Crippen LogP contribution in [0, 0.1) is 12.7 Å². The van der Waals surface area contributed by atoms with Crippen molar-refractivity contribution in [1.82, 2.24) is 34.3 Å². The second kappa shape index (κ2) is 8.59. The molecule has 0 spiro atoms. The highest BCUT2D eigenvalue weighted by atomic mass is 19.1. The third kappa shape index (κ3) is 3.57. The Hall–Kier alpha value is -5.38. The van der Waals surface area contributed by atoms with Crippen LogP contribution in [0.3, 0.4) is 0 Å². The van der Waals surface area contributed by atoms with Crippen LogP contribution in [0.1, 0.15) is 11.4 Å². The van der Waals surface area contributed by atoms with Crippen molar-refractivity contribution in [3.8, 4) is 16.9 Å². The van der Waals surface area contributed by atoms with Crippen LogP contribution in [0.2, 0.25) is 0 Å². The van der Waals surface area contributed by atoms with E-state index in [1.807, 2.05) is 61.7 Å². The lowest BCUT2D eigenvalue weighted by Crippen LogP contribution is -2.27. The minimum Gasteiger partial charge on any atom is -0.383 e. The van der Waals surface area contributed by atoms with Gasteiger partial charge in [0.05, 0.1) is 16.6 Å². The number of nitrogens with two attached hydrogens (primary N) is 1. The highest BCUT2D eigenvalue weighted by Crippen LogP contribution is 2.32. The number of benzene rings is 3. The zero-order chi connectivity index (χ0) is 26.7. The minimum absolute atomic E-state index is 0.0677. The van der Waals surface area contributed by atoms with Crippen molar-refractivity contribution in [2.24, 2.45) is 0 Å². The molecule has 3 N–H and O–H groups in total. The molecule has 9 nitrogen and oxygen atoms in total.